The zero-order valence-electron chi connectivity index (χ0n) is 14.4. The predicted molar refractivity (Wildman–Crippen MR) is 94.2 cm³/mol. The lowest BCUT2D eigenvalue weighted by molar-refractivity contribution is 0.0963. The van der Waals surface area contributed by atoms with Crippen molar-refractivity contribution in [2.75, 3.05) is 0 Å². The Balaban J connectivity index is 2.05. The molecule has 1 aromatic carbocycles. The number of rotatable bonds is 3. The SMILES string of the molecule is CC(C)(C)N(C1CCC2NNC(N)C2C1c1ccccc1)S(=O)[O-]. The average molecular weight is 351 g/mol. The van der Waals surface area contributed by atoms with Gasteiger partial charge in [0, 0.05) is 40.7 Å². The third-order valence-corrected chi connectivity index (χ3v) is 6.36. The van der Waals surface area contributed by atoms with Crippen LogP contribution >= 0.6 is 0 Å². The largest absolute Gasteiger partial charge is 0.760 e. The molecular weight excluding hydrogens is 324 g/mol. The molecule has 3 rings (SSSR count). The molecule has 1 saturated carbocycles. The lowest BCUT2D eigenvalue weighted by Crippen LogP contribution is -2.57. The topological polar surface area (TPSA) is 93.4 Å². The summed E-state index contributed by atoms with van der Waals surface area (Å²) in [4.78, 5) is 0. The molecule has 6 atom stereocenters. The van der Waals surface area contributed by atoms with Crippen molar-refractivity contribution in [2.24, 2.45) is 11.7 Å². The van der Waals surface area contributed by atoms with Gasteiger partial charge in [-0.3, -0.25) is 9.63 Å². The molecule has 1 heterocycles. The van der Waals surface area contributed by atoms with E-state index >= 15 is 0 Å². The van der Waals surface area contributed by atoms with Gasteiger partial charge < -0.3 is 10.3 Å². The molecule has 1 aromatic rings. The van der Waals surface area contributed by atoms with Crippen LogP contribution in [0, 0.1) is 5.92 Å². The Labute approximate surface area is 146 Å². The van der Waals surface area contributed by atoms with E-state index in [2.05, 4.69) is 23.0 Å². The van der Waals surface area contributed by atoms with Crippen molar-refractivity contribution in [1.82, 2.24) is 15.2 Å². The smallest absolute Gasteiger partial charge is 0.0729 e. The molecule has 2 fully saturated rings. The average Bonchev–Trinajstić information content (AvgIpc) is 2.88. The van der Waals surface area contributed by atoms with Crippen molar-refractivity contribution < 1.29 is 8.76 Å². The molecule has 0 radical (unpaired) electrons. The Bertz CT molecular complexity index is 592. The van der Waals surface area contributed by atoms with Crippen LogP contribution < -0.4 is 16.6 Å². The van der Waals surface area contributed by atoms with Gasteiger partial charge in [-0.25, -0.2) is 9.73 Å². The van der Waals surface area contributed by atoms with Gasteiger partial charge in [0.1, 0.15) is 0 Å². The van der Waals surface area contributed by atoms with Crippen molar-refractivity contribution in [1.29, 1.82) is 0 Å². The van der Waals surface area contributed by atoms with Crippen molar-refractivity contribution >= 4 is 11.3 Å². The molecular formula is C17H27N4O2S-. The van der Waals surface area contributed by atoms with E-state index in [1.807, 2.05) is 39.0 Å². The molecule has 2 aliphatic rings. The Morgan fingerprint density at radius 3 is 2.46 bits per heavy atom. The number of benzene rings is 1. The van der Waals surface area contributed by atoms with Gasteiger partial charge in [-0.1, -0.05) is 30.3 Å². The van der Waals surface area contributed by atoms with Crippen LogP contribution in [0.25, 0.3) is 0 Å². The maximum atomic E-state index is 12.1. The highest BCUT2D eigenvalue weighted by molar-refractivity contribution is 7.76. The van der Waals surface area contributed by atoms with Gasteiger partial charge in [0.05, 0.1) is 6.17 Å². The van der Waals surface area contributed by atoms with Crippen LogP contribution in [0.15, 0.2) is 30.3 Å². The summed E-state index contributed by atoms with van der Waals surface area (Å²) in [6, 6.07) is 10.3. The summed E-state index contributed by atoms with van der Waals surface area (Å²) in [7, 11) is 0. The fourth-order valence-corrected chi connectivity index (χ4v) is 5.29. The van der Waals surface area contributed by atoms with Gasteiger partial charge in [0.15, 0.2) is 0 Å². The summed E-state index contributed by atoms with van der Waals surface area (Å²) in [5.74, 6) is 0.208. The van der Waals surface area contributed by atoms with Crippen molar-refractivity contribution in [3.63, 3.8) is 0 Å². The van der Waals surface area contributed by atoms with Crippen molar-refractivity contribution in [3.8, 4) is 0 Å². The standard InChI is InChI=1S/C17H28N4O2S/c1-17(2,3)21(24(22)23)13-10-9-12-15(16(18)20-19-12)14(13)11-7-5-4-6-8-11/h4-8,12-16,19-20H,9-10,18H2,1-3H3,(H,22,23)/p-1. The van der Waals surface area contributed by atoms with Gasteiger partial charge in [0.25, 0.3) is 0 Å². The lowest BCUT2D eigenvalue weighted by atomic mass is 9.69. The van der Waals surface area contributed by atoms with Crippen LogP contribution in [0.4, 0.5) is 0 Å². The first-order valence-electron chi connectivity index (χ1n) is 8.51. The molecule has 1 aliphatic heterocycles. The quantitative estimate of drug-likeness (QED) is 0.712. The summed E-state index contributed by atoms with van der Waals surface area (Å²) < 4.78 is 25.7. The van der Waals surface area contributed by atoms with Crippen LogP contribution in [0.1, 0.15) is 45.1 Å². The zero-order valence-corrected chi connectivity index (χ0v) is 15.3. The number of fused-ring (bicyclic) bond motifs is 1. The Hall–Kier alpha value is -0.830. The van der Waals surface area contributed by atoms with E-state index in [1.165, 1.54) is 0 Å². The summed E-state index contributed by atoms with van der Waals surface area (Å²) in [6.07, 6.45) is 1.53. The molecule has 0 aromatic heterocycles. The lowest BCUT2D eigenvalue weighted by Gasteiger charge is -2.50. The molecule has 4 N–H and O–H groups in total. The number of hydrogen-bond acceptors (Lipinski definition) is 5. The number of hydrogen-bond donors (Lipinski definition) is 3. The fourth-order valence-electron chi connectivity index (χ4n) is 4.39. The van der Waals surface area contributed by atoms with Crippen LogP contribution in [0.2, 0.25) is 0 Å². The van der Waals surface area contributed by atoms with Gasteiger partial charge in [-0.05, 0) is 39.2 Å². The molecule has 1 saturated heterocycles. The van der Waals surface area contributed by atoms with Gasteiger partial charge >= 0.3 is 0 Å². The number of nitrogens with zero attached hydrogens (tertiary/aromatic N) is 1. The molecule has 0 bridgehead atoms. The van der Waals surface area contributed by atoms with E-state index in [4.69, 9.17) is 5.73 Å². The fraction of sp³-hybridized carbons (Fsp3) is 0.647. The zero-order chi connectivity index (χ0) is 17.5. The molecule has 7 heteroatoms. The first-order chi connectivity index (χ1) is 11.3. The highest BCUT2D eigenvalue weighted by atomic mass is 32.2. The summed E-state index contributed by atoms with van der Waals surface area (Å²) in [5.41, 5.74) is 13.4. The first kappa shape index (κ1) is 18.0. The van der Waals surface area contributed by atoms with Crippen molar-refractivity contribution in [2.45, 2.75) is 63.3 Å². The monoisotopic (exact) mass is 351 g/mol. The minimum Gasteiger partial charge on any atom is -0.760 e. The minimum atomic E-state index is -2.28. The summed E-state index contributed by atoms with van der Waals surface area (Å²) >= 11 is -2.28. The van der Waals surface area contributed by atoms with Gasteiger partial charge in [-0.2, -0.15) is 0 Å². The molecule has 24 heavy (non-hydrogen) atoms. The Kier molecular flexibility index (Phi) is 5.11. The Morgan fingerprint density at radius 2 is 1.88 bits per heavy atom. The van der Waals surface area contributed by atoms with E-state index in [0.717, 1.165) is 18.4 Å². The molecule has 6 unspecified atom stereocenters. The second-order valence-electron chi connectivity index (χ2n) is 7.79. The third-order valence-electron chi connectivity index (χ3n) is 5.22. The van der Waals surface area contributed by atoms with Crippen molar-refractivity contribution in [3.05, 3.63) is 35.9 Å². The number of hydrazine groups is 1. The summed E-state index contributed by atoms with van der Waals surface area (Å²) in [5, 5.41) is 0. The number of nitrogens with one attached hydrogen (secondary N) is 2. The van der Waals surface area contributed by atoms with E-state index in [1.54, 1.807) is 4.31 Å². The van der Waals surface area contributed by atoms with E-state index in [-0.39, 0.29) is 30.1 Å². The second-order valence-corrected chi connectivity index (χ2v) is 8.62. The third kappa shape index (κ3) is 3.29. The van der Waals surface area contributed by atoms with Crippen LogP contribution in [-0.4, -0.2) is 36.9 Å². The van der Waals surface area contributed by atoms with E-state index in [9.17, 15) is 8.76 Å². The normalized spacial score (nSPS) is 35.0. The summed E-state index contributed by atoms with van der Waals surface area (Å²) in [6.45, 7) is 5.84. The highest BCUT2D eigenvalue weighted by Crippen LogP contribution is 2.44. The molecule has 6 nitrogen and oxygen atoms in total. The maximum absolute atomic E-state index is 12.1. The predicted octanol–water partition coefficient (Wildman–Crippen LogP) is 1.20. The Morgan fingerprint density at radius 1 is 1.21 bits per heavy atom. The van der Waals surface area contributed by atoms with Gasteiger partial charge in [0.2, 0.25) is 0 Å². The molecule has 0 spiro atoms. The second kappa shape index (κ2) is 6.82. The van der Waals surface area contributed by atoms with Crippen LogP contribution in [0.5, 0.6) is 0 Å². The maximum Gasteiger partial charge on any atom is 0.0729 e. The molecule has 0 amide bonds. The molecule has 1 aliphatic carbocycles. The minimum absolute atomic E-state index is 0.0552. The van der Waals surface area contributed by atoms with E-state index < -0.39 is 16.8 Å². The van der Waals surface area contributed by atoms with Gasteiger partial charge in [-0.15, -0.1) is 0 Å². The van der Waals surface area contributed by atoms with Crippen LogP contribution in [0.3, 0.4) is 0 Å². The first-order valence-corrected chi connectivity index (χ1v) is 9.54. The number of nitrogens with two attached hydrogens (primary N) is 1. The highest BCUT2D eigenvalue weighted by Gasteiger charge is 2.49. The van der Waals surface area contributed by atoms with Crippen LogP contribution in [-0.2, 0) is 11.3 Å². The molecule has 134 valence electrons. The van der Waals surface area contributed by atoms with E-state index in [0.29, 0.717) is 0 Å².